The molecule has 4 amide bonds. The number of anilines is 3. The lowest BCUT2D eigenvalue weighted by molar-refractivity contribution is -0.383. The van der Waals surface area contributed by atoms with E-state index in [2.05, 4.69) is 25.9 Å². The summed E-state index contributed by atoms with van der Waals surface area (Å²) in [6.45, 7) is 0.0557. The number of nitro benzene ring substituents is 1. The van der Waals surface area contributed by atoms with Crippen LogP contribution in [0.25, 0.3) is 22.2 Å². The molecule has 7 rings (SSSR count). The third kappa shape index (κ3) is 5.56. The van der Waals surface area contributed by atoms with Crippen LogP contribution in [0.5, 0.6) is 5.75 Å². The van der Waals surface area contributed by atoms with E-state index in [1.165, 1.54) is 31.4 Å². The normalized spacial score (nSPS) is 15.7. The monoisotopic (exact) mass is 660 g/mol. The Morgan fingerprint density at radius 3 is 2.57 bits per heavy atom. The van der Waals surface area contributed by atoms with Crippen molar-refractivity contribution in [3.63, 3.8) is 0 Å². The molecule has 1 fully saturated rings. The second kappa shape index (κ2) is 12.2. The van der Waals surface area contributed by atoms with Crippen molar-refractivity contribution in [2.24, 2.45) is 7.05 Å². The van der Waals surface area contributed by atoms with Gasteiger partial charge in [-0.2, -0.15) is 0 Å². The molecule has 0 saturated carbocycles. The fourth-order valence-corrected chi connectivity index (χ4v) is 6.19. The third-order valence-electron chi connectivity index (χ3n) is 8.58. The number of piperidine rings is 1. The minimum atomic E-state index is -1.08. The van der Waals surface area contributed by atoms with Crippen molar-refractivity contribution in [1.29, 1.82) is 0 Å². The Labute approximate surface area is 278 Å². The number of imide groups is 2. The lowest BCUT2D eigenvalue weighted by Crippen LogP contribution is -2.54. The number of nitrogens with zero attached hydrogens (tertiary/aromatic N) is 5. The number of aromatic nitrogens is 3. The molecule has 3 N–H and O–H groups in total. The van der Waals surface area contributed by atoms with Gasteiger partial charge in [0.1, 0.15) is 17.5 Å². The molecule has 1 atom stereocenters. The van der Waals surface area contributed by atoms with Crippen molar-refractivity contribution in [3.05, 3.63) is 99.9 Å². The zero-order valence-corrected chi connectivity index (χ0v) is 26.2. The second-order valence-corrected chi connectivity index (χ2v) is 11.6. The van der Waals surface area contributed by atoms with E-state index in [1.54, 1.807) is 18.3 Å². The Bertz CT molecular complexity index is 2230. The number of nitro groups is 1. The highest BCUT2D eigenvalue weighted by Gasteiger charge is 2.44. The van der Waals surface area contributed by atoms with Crippen LogP contribution >= 0.6 is 0 Å². The van der Waals surface area contributed by atoms with Crippen molar-refractivity contribution < 1.29 is 28.8 Å². The number of aryl methyl sites for hydroxylation is 1. The van der Waals surface area contributed by atoms with Crippen molar-refractivity contribution in [1.82, 2.24) is 24.8 Å². The molecule has 2 aliphatic heterocycles. The molecule has 2 aliphatic rings. The number of benzene rings is 3. The summed E-state index contributed by atoms with van der Waals surface area (Å²) >= 11 is 0. The number of amides is 4. The standard InChI is InChI=1S/C34H28N8O7/c1-40-17-22(19-5-3-4-6-26(19)40)23-11-12-35-34(37-23)38-25-14-28(42(47)48)24(15-29(25)49-2)36-16-18-7-8-20-21(13-18)33(46)41(32(20)45)27-9-10-30(43)39-31(27)44/h3-8,11-15,17,27,36H,9-10,16H2,1-2H3,(H,35,37,38)(H,39,43,44). The number of carbonyl (C=O) groups is 4. The fourth-order valence-electron chi connectivity index (χ4n) is 6.19. The van der Waals surface area contributed by atoms with Gasteiger partial charge < -0.3 is 19.9 Å². The van der Waals surface area contributed by atoms with Crippen LogP contribution in [0, 0.1) is 10.1 Å². The van der Waals surface area contributed by atoms with Gasteiger partial charge in [-0.05, 0) is 36.2 Å². The van der Waals surface area contributed by atoms with E-state index >= 15 is 0 Å². The molecule has 15 nitrogen and oxygen atoms in total. The topological polar surface area (TPSA) is 191 Å². The number of methoxy groups -OCH3 is 1. The smallest absolute Gasteiger partial charge is 0.294 e. The van der Waals surface area contributed by atoms with Gasteiger partial charge >= 0.3 is 0 Å². The summed E-state index contributed by atoms with van der Waals surface area (Å²) < 4.78 is 7.57. The van der Waals surface area contributed by atoms with Gasteiger partial charge in [-0.1, -0.05) is 24.3 Å². The SMILES string of the molecule is COc1cc(NCc2ccc3c(c2)C(=O)N(C2CCC(=O)NC2=O)C3=O)c([N+](=O)[O-])cc1Nc1nccc(-c2cn(C)c3ccccc23)n1. The quantitative estimate of drug-likeness (QED) is 0.116. The highest BCUT2D eigenvalue weighted by Crippen LogP contribution is 2.38. The molecule has 1 unspecified atom stereocenters. The number of carbonyl (C=O) groups excluding carboxylic acids is 4. The summed E-state index contributed by atoms with van der Waals surface area (Å²) in [5.41, 5.74) is 3.55. The predicted molar refractivity (Wildman–Crippen MR) is 177 cm³/mol. The molecule has 0 bridgehead atoms. The molecule has 0 radical (unpaired) electrons. The third-order valence-corrected chi connectivity index (χ3v) is 8.58. The highest BCUT2D eigenvalue weighted by atomic mass is 16.6. The van der Waals surface area contributed by atoms with Crippen LogP contribution in [0.4, 0.5) is 23.0 Å². The molecule has 1 saturated heterocycles. The number of hydrogen-bond acceptors (Lipinski definition) is 11. The number of fused-ring (bicyclic) bond motifs is 2. The summed E-state index contributed by atoms with van der Waals surface area (Å²) in [6, 6.07) is 16.0. The van der Waals surface area contributed by atoms with Crippen molar-refractivity contribution in [2.75, 3.05) is 17.7 Å². The van der Waals surface area contributed by atoms with Crippen LogP contribution in [-0.2, 0) is 23.2 Å². The number of rotatable bonds is 9. The first kappa shape index (κ1) is 31.0. The molecule has 5 aromatic rings. The average molecular weight is 661 g/mol. The van der Waals surface area contributed by atoms with Crippen LogP contribution in [0.1, 0.15) is 39.1 Å². The fraction of sp³-hybridized carbons (Fsp3) is 0.176. The molecule has 15 heteroatoms. The molecule has 4 heterocycles. The van der Waals surface area contributed by atoms with E-state index in [-0.39, 0.29) is 59.3 Å². The van der Waals surface area contributed by atoms with Crippen LogP contribution < -0.4 is 20.7 Å². The summed E-state index contributed by atoms with van der Waals surface area (Å²) in [7, 11) is 3.38. The Hall–Kier alpha value is -6.64. The minimum absolute atomic E-state index is 0.0139. The molecule has 0 aliphatic carbocycles. The van der Waals surface area contributed by atoms with Gasteiger partial charge in [0.2, 0.25) is 17.8 Å². The Balaban J connectivity index is 1.12. The first-order valence-electron chi connectivity index (χ1n) is 15.2. The number of ether oxygens (including phenoxy) is 1. The predicted octanol–water partition coefficient (Wildman–Crippen LogP) is 4.31. The largest absolute Gasteiger partial charge is 0.494 e. The maximum Gasteiger partial charge on any atom is 0.294 e. The van der Waals surface area contributed by atoms with Gasteiger partial charge in [-0.3, -0.25) is 39.5 Å². The molecule has 246 valence electrons. The van der Waals surface area contributed by atoms with E-state index in [4.69, 9.17) is 4.74 Å². The van der Waals surface area contributed by atoms with Gasteiger partial charge in [0.15, 0.2) is 0 Å². The van der Waals surface area contributed by atoms with Crippen LogP contribution in [0.15, 0.2) is 73.1 Å². The number of hydrogen-bond donors (Lipinski definition) is 3. The van der Waals surface area contributed by atoms with Crippen molar-refractivity contribution >= 4 is 57.5 Å². The highest BCUT2D eigenvalue weighted by molar-refractivity contribution is 6.23. The van der Waals surface area contributed by atoms with Gasteiger partial charge in [0, 0.05) is 61.0 Å². The Morgan fingerprint density at radius 1 is 1.00 bits per heavy atom. The molecule has 2 aromatic heterocycles. The zero-order valence-electron chi connectivity index (χ0n) is 26.2. The van der Waals surface area contributed by atoms with Gasteiger partial charge in [-0.15, -0.1) is 0 Å². The van der Waals surface area contributed by atoms with E-state index in [0.717, 1.165) is 21.4 Å². The summed E-state index contributed by atoms with van der Waals surface area (Å²) in [5, 5.41) is 21.5. The minimum Gasteiger partial charge on any atom is -0.494 e. The van der Waals surface area contributed by atoms with E-state index in [9.17, 15) is 29.3 Å². The van der Waals surface area contributed by atoms with Crippen molar-refractivity contribution in [3.8, 4) is 17.0 Å². The van der Waals surface area contributed by atoms with Crippen LogP contribution in [0.2, 0.25) is 0 Å². The average Bonchev–Trinajstić information content (AvgIpc) is 3.56. The molecule has 49 heavy (non-hydrogen) atoms. The summed E-state index contributed by atoms with van der Waals surface area (Å²) in [4.78, 5) is 71.7. The van der Waals surface area contributed by atoms with Gasteiger partial charge in [0.05, 0.1) is 34.5 Å². The second-order valence-electron chi connectivity index (χ2n) is 11.6. The van der Waals surface area contributed by atoms with E-state index < -0.39 is 34.6 Å². The van der Waals surface area contributed by atoms with Crippen LogP contribution in [-0.4, -0.2) is 61.1 Å². The maximum absolute atomic E-state index is 13.2. The summed E-state index contributed by atoms with van der Waals surface area (Å²) in [5.74, 6) is -1.93. The molecule has 3 aromatic carbocycles. The van der Waals surface area contributed by atoms with Gasteiger partial charge in [-0.25, -0.2) is 9.97 Å². The molecular formula is C34H28N8O7. The number of para-hydroxylation sites is 1. The lowest BCUT2D eigenvalue weighted by atomic mass is 10.0. The Kier molecular flexibility index (Phi) is 7.70. The first-order chi connectivity index (χ1) is 23.6. The first-order valence-corrected chi connectivity index (χ1v) is 15.2. The maximum atomic E-state index is 13.2. The number of nitrogens with one attached hydrogen (secondary N) is 3. The molecular weight excluding hydrogens is 632 g/mol. The molecule has 0 spiro atoms. The van der Waals surface area contributed by atoms with Gasteiger partial charge in [0.25, 0.3) is 17.5 Å². The van der Waals surface area contributed by atoms with Crippen LogP contribution in [0.3, 0.4) is 0 Å². The summed E-state index contributed by atoms with van der Waals surface area (Å²) in [6.07, 6.45) is 3.64. The van der Waals surface area contributed by atoms with Crippen molar-refractivity contribution in [2.45, 2.75) is 25.4 Å². The Morgan fingerprint density at radius 2 is 1.80 bits per heavy atom. The zero-order chi connectivity index (χ0) is 34.4. The van der Waals surface area contributed by atoms with E-state index in [1.807, 2.05) is 42.1 Å². The van der Waals surface area contributed by atoms with E-state index in [0.29, 0.717) is 11.3 Å². The lowest BCUT2D eigenvalue weighted by Gasteiger charge is -2.27.